The lowest BCUT2D eigenvalue weighted by atomic mass is 9.97. The Morgan fingerprint density at radius 1 is 1.29 bits per heavy atom. The highest BCUT2D eigenvalue weighted by Gasteiger charge is 2.23. The van der Waals surface area contributed by atoms with Gasteiger partial charge in [-0.25, -0.2) is 9.97 Å². The predicted octanol–water partition coefficient (Wildman–Crippen LogP) is 2.90. The van der Waals surface area contributed by atoms with Crippen LogP contribution in [0, 0.1) is 12.8 Å². The fraction of sp³-hybridized carbons (Fsp3) is 0.360. The Kier molecular flexibility index (Phi) is 6.12. The molecule has 10 nitrogen and oxygen atoms in total. The van der Waals surface area contributed by atoms with Gasteiger partial charge < -0.3 is 25.5 Å². The van der Waals surface area contributed by atoms with E-state index in [9.17, 15) is 9.90 Å². The van der Waals surface area contributed by atoms with E-state index >= 15 is 0 Å². The molecule has 0 spiro atoms. The van der Waals surface area contributed by atoms with Gasteiger partial charge in [0.1, 0.15) is 12.1 Å². The number of carbonyl (C=O) groups is 1. The molecular formula is C25H29N7O3. The first-order chi connectivity index (χ1) is 16.9. The first kappa shape index (κ1) is 22.9. The summed E-state index contributed by atoms with van der Waals surface area (Å²) in [5.41, 5.74) is 10.6. The van der Waals surface area contributed by atoms with E-state index in [1.165, 1.54) is 6.26 Å². The zero-order valence-electron chi connectivity index (χ0n) is 19.9. The standard InChI is InChI=1S/C25H29N7O3/c1-15-19-11-20(22(12-21(19)31(2)30-15)32-7-4-16(13-33)5-8-32)29-24(34)10-18-14-35-25(28-18)17-3-6-27-23(26)9-17/h3,6,9,11-12,14,16,33H,4-5,7-8,10,13H2,1-2H3,(H2,26,27)(H,29,34). The second-order valence-electron chi connectivity index (χ2n) is 9.05. The third kappa shape index (κ3) is 4.69. The van der Waals surface area contributed by atoms with Gasteiger partial charge in [0.05, 0.1) is 34.7 Å². The monoisotopic (exact) mass is 475 g/mol. The summed E-state index contributed by atoms with van der Waals surface area (Å²) in [4.78, 5) is 23.7. The minimum absolute atomic E-state index is 0.0696. The van der Waals surface area contributed by atoms with Crippen molar-refractivity contribution >= 4 is 34.0 Å². The average Bonchev–Trinajstić information content (AvgIpc) is 3.42. The SMILES string of the molecule is Cc1nn(C)c2cc(N3CCC(CO)CC3)c(NC(=O)Cc3coc(-c4ccnc(N)c4)n3)cc12. The van der Waals surface area contributed by atoms with E-state index in [0.717, 1.165) is 53.9 Å². The van der Waals surface area contributed by atoms with Crippen LogP contribution >= 0.6 is 0 Å². The summed E-state index contributed by atoms with van der Waals surface area (Å²) in [6.07, 6.45) is 4.96. The Hall–Kier alpha value is -3.92. The molecule has 0 aliphatic carbocycles. The average molecular weight is 476 g/mol. The Labute approximate surface area is 202 Å². The molecule has 1 aliphatic rings. The number of oxazole rings is 1. The largest absolute Gasteiger partial charge is 0.444 e. The third-order valence-electron chi connectivity index (χ3n) is 6.56. The summed E-state index contributed by atoms with van der Waals surface area (Å²) >= 11 is 0. The summed E-state index contributed by atoms with van der Waals surface area (Å²) in [5, 5.41) is 18.1. The molecule has 4 heterocycles. The number of benzene rings is 1. The van der Waals surface area contributed by atoms with Gasteiger partial charge in [0.25, 0.3) is 0 Å². The number of aliphatic hydroxyl groups is 1. The quantitative estimate of drug-likeness (QED) is 0.387. The number of nitrogens with two attached hydrogens (primary N) is 1. The van der Waals surface area contributed by atoms with Crippen LogP contribution in [-0.2, 0) is 18.3 Å². The van der Waals surface area contributed by atoms with Gasteiger partial charge >= 0.3 is 0 Å². The van der Waals surface area contributed by atoms with E-state index in [4.69, 9.17) is 10.2 Å². The van der Waals surface area contributed by atoms with E-state index < -0.39 is 0 Å². The number of amides is 1. The molecule has 1 amide bonds. The van der Waals surface area contributed by atoms with E-state index in [0.29, 0.717) is 28.9 Å². The van der Waals surface area contributed by atoms with Crippen LogP contribution in [0.3, 0.4) is 0 Å². The maximum absolute atomic E-state index is 13.0. The number of hydrogen-bond donors (Lipinski definition) is 3. The summed E-state index contributed by atoms with van der Waals surface area (Å²) in [6, 6.07) is 7.51. The van der Waals surface area contributed by atoms with Crippen molar-refractivity contribution in [2.45, 2.75) is 26.2 Å². The first-order valence-electron chi connectivity index (χ1n) is 11.7. The number of fused-ring (bicyclic) bond motifs is 1. The van der Waals surface area contributed by atoms with Crippen molar-refractivity contribution in [1.29, 1.82) is 0 Å². The molecule has 0 unspecified atom stereocenters. The van der Waals surface area contributed by atoms with Gasteiger partial charge in [0, 0.05) is 43.9 Å². The highest BCUT2D eigenvalue weighted by Crippen LogP contribution is 2.35. The minimum Gasteiger partial charge on any atom is -0.444 e. The van der Waals surface area contributed by atoms with E-state index in [2.05, 4.69) is 31.3 Å². The number of aromatic nitrogens is 4. The molecule has 5 rings (SSSR count). The van der Waals surface area contributed by atoms with Gasteiger partial charge in [-0.05, 0) is 49.9 Å². The van der Waals surface area contributed by atoms with Crippen molar-refractivity contribution in [3.63, 3.8) is 0 Å². The van der Waals surface area contributed by atoms with E-state index in [-0.39, 0.29) is 18.9 Å². The maximum Gasteiger partial charge on any atom is 0.230 e. The van der Waals surface area contributed by atoms with Gasteiger partial charge in [-0.3, -0.25) is 9.48 Å². The Morgan fingerprint density at radius 2 is 2.09 bits per heavy atom. The van der Waals surface area contributed by atoms with Gasteiger partial charge in [-0.1, -0.05) is 0 Å². The zero-order valence-corrected chi connectivity index (χ0v) is 19.9. The van der Waals surface area contributed by atoms with Crippen molar-refractivity contribution in [2.24, 2.45) is 13.0 Å². The van der Waals surface area contributed by atoms with Crippen molar-refractivity contribution in [2.75, 3.05) is 35.6 Å². The number of rotatable bonds is 6. The first-order valence-corrected chi connectivity index (χ1v) is 11.7. The number of nitrogens with one attached hydrogen (secondary N) is 1. The van der Waals surface area contributed by atoms with Crippen molar-refractivity contribution in [3.05, 3.63) is 48.1 Å². The molecule has 35 heavy (non-hydrogen) atoms. The highest BCUT2D eigenvalue weighted by atomic mass is 16.3. The molecule has 0 bridgehead atoms. The Morgan fingerprint density at radius 3 is 2.83 bits per heavy atom. The third-order valence-corrected chi connectivity index (χ3v) is 6.56. The normalized spacial score (nSPS) is 14.5. The van der Waals surface area contributed by atoms with Crippen molar-refractivity contribution in [1.82, 2.24) is 19.7 Å². The van der Waals surface area contributed by atoms with E-state index in [1.807, 2.05) is 24.7 Å². The van der Waals surface area contributed by atoms with Gasteiger partial charge in [0.2, 0.25) is 11.8 Å². The fourth-order valence-corrected chi connectivity index (χ4v) is 4.65. The predicted molar refractivity (Wildman–Crippen MR) is 134 cm³/mol. The molecule has 4 N–H and O–H groups in total. The molecule has 0 saturated carbocycles. The number of carbonyl (C=O) groups excluding carboxylic acids is 1. The van der Waals surface area contributed by atoms with Crippen LogP contribution in [0.15, 0.2) is 41.1 Å². The number of hydrogen-bond acceptors (Lipinski definition) is 8. The number of nitrogen functional groups attached to an aromatic ring is 1. The molecule has 0 radical (unpaired) electrons. The van der Waals surface area contributed by atoms with Crippen LogP contribution in [-0.4, -0.2) is 50.5 Å². The highest BCUT2D eigenvalue weighted by molar-refractivity contribution is 6.00. The van der Waals surface area contributed by atoms with Gasteiger partial charge in [0.15, 0.2) is 0 Å². The zero-order chi connectivity index (χ0) is 24.5. The molecule has 1 fully saturated rings. The number of anilines is 3. The molecule has 182 valence electrons. The Balaban J connectivity index is 1.39. The van der Waals surface area contributed by atoms with Crippen LogP contribution in [0.1, 0.15) is 24.2 Å². The minimum atomic E-state index is -0.188. The second-order valence-corrected chi connectivity index (χ2v) is 9.05. The van der Waals surface area contributed by atoms with Crippen molar-refractivity contribution < 1.29 is 14.3 Å². The smallest absolute Gasteiger partial charge is 0.230 e. The number of pyridine rings is 1. The molecular weight excluding hydrogens is 446 g/mol. The van der Waals surface area contributed by atoms with Crippen LogP contribution in [0.25, 0.3) is 22.4 Å². The van der Waals surface area contributed by atoms with E-state index in [1.54, 1.807) is 18.3 Å². The molecule has 1 aliphatic heterocycles. The molecule has 1 aromatic carbocycles. The lowest BCUT2D eigenvalue weighted by Crippen LogP contribution is -2.35. The molecule has 10 heteroatoms. The summed E-state index contributed by atoms with van der Waals surface area (Å²) in [5.74, 6) is 0.897. The molecule has 4 aromatic rings. The van der Waals surface area contributed by atoms with Crippen molar-refractivity contribution in [3.8, 4) is 11.5 Å². The molecule has 0 atom stereocenters. The van der Waals surface area contributed by atoms with Crippen LogP contribution < -0.4 is 16.0 Å². The maximum atomic E-state index is 13.0. The van der Waals surface area contributed by atoms with Crippen LogP contribution in [0.5, 0.6) is 0 Å². The number of nitrogens with zero attached hydrogens (tertiary/aromatic N) is 5. The lowest BCUT2D eigenvalue weighted by Gasteiger charge is -2.34. The second kappa shape index (κ2) is 9.38. The number of aryl methyl sites for hydroxylation is 2. The van der Waals surface area contributed by atoms with Gasteiger partial charge in [-0.15, -0.1) is 0 Å². The van der Waals surface area contributed by atoms with Crippen LogP contribution in [0.4, 0.5) is 17.2 Å². The van der Waals surface area contributed by atoms with Gasteiger partial charge in [-0.2, -0.15) is 5.10 Å². The summed E-state index contributed by atoms with van der Waals surface area (Å²) < 4.78 is 7.42. The number of aliphatic hydroxyl groups excluding tert-OH is 1. The summed E-state index contributed by atoms with van der Waals surface area (Å²) in [6.45, 7) is 3.81. The summed E-state index contributed by atoms with van der Waals surface area (Å²) in [7, 11) is 1.92. The number of piperidine rings is 1. The van der Waals surface area contributed by atoms with Crippen LogP contribution in [0.2, 0.25) is 0 Å². The molecule has 1 saturated heterocycles. The topological polar surface area (TPSA) is 135 Å². The fourth-order valence-electron chi connectivity index (χ4n) is 4.65. The Bertz CT molecular complexity index is 1370. The molecule has 3 aromatic heterocycles. The lowest BCUT2D eigenvalue weighted by molar-refractivity contribution is -0.115.